The first kappa shape index (κ1) is 11.4. The smallest absolute Gasteiger partial charge is 0.122 e. The molecule has 0 saturated carbocycles. The van der Waals surface area contributed by atoms with Crippen molar-refractivity contribution in [1.82, 2.24) is 5.32 Å². The molecular weight excluding hydrogens is 226 g/mol. The summed E-state index contributed by atoms with van der Waals surface area (Å²) < 4.78 is 10.9. The summed E-state index contributed by atoms with van der Waals surface area (Å²) in [7, 11) is 1.97. The van der Waals surface area contributed by atoms with Crippen molar-refractivity contribution in [2.45, 2.75) is 19.4 Å². The molecular formula is C15H17NO2. The highest BCUT2D eigenvalue weighted by Gasteiger charge is 2.19. The molecule has 0 amide bonds. The molecule has 0 radical (unpaired) electrons. The van der Waals surface area contributed by atoms with E-state index in [0.717, 1.165) is 24.5 Å². The van der Waals surface area contributed by atoms with Gasteiger partial charge in [-0.2, -0.15) is 0 Å². The molecule has 3 rings (SSSR count). The summed E-state index contributed by atoms with van der Waals surface area (Å²) in [6.45, 7) is 2.80. The number of aryl methyl sites for hydroxylation is 1. The third-order valence-electron chi connectivity index (χ3n) is 3.55. The van der Waals surface area contributed by atoms with Crippen LogP contribution in [-0.2, 0) is 6.42 Å². The topological polar surface area (TPSA) is 34.4 Å². The number of hydrogen-bond donors (Lipinski definition) is 1. The minimum atomic E-state index is 0.176. The van der Waals surface area contributed by atoms with Gasteiger partial charge in [0.05, 0.1) is 18.9 Å². The summed E-state index contributed by atoms with van der Waals surface area (Å²) >= 11 is 0. The van der Waals surface area contributed by atoms with Crippen molar-refractivity contribution < 1.29 is 9.15 Å². The number of furan rings is 1. The Morgan fingerprint density at radius 2 is 2.17 bits per heavy atom. The number of rotatable bonds is 3. The zero-order valence-corrected chi connectivity index (χ0v) is 10.7. The second-order valence-electron chi connectivity index (χ2n) is 4.62. The fourth-order valence-corrected chi connectivity index (χ4v) is 2.58. The normalized spacial score (nSPS) is 15.2. The second kappa shape index (κ2) is 4.50. The monoisotopic (exact) mass is 243 g/mol. The number of hydrogen-bond acceptors (Lipinski definition) is 3. The van der Waals surface area contributed by atoms with E-state index >= 15 is 0 Å². The van der Waals surface area contributed by atoms with Gasteiger partial charge in [0.15, 0.2) is 0 Å². The molecule has 0 spiro atoms. The SMILES string of the molecule is CNC(c1ccc2c(c1)CCO2)c1ccoc1C. The Balaban J connectivity index is 2.00. The van der Waals surface area contributed by atoms with Crippen molar-refractivity contribution in [2.75, 3.05) is 13.7 Å². The lowest BCUT2D eigenvalue weighted by Gasteiger charge is -2.17. The van der Waals surface area contributed by atoms with Crippen LogP contribution in [0.15, 0.2) is 34.9 Å². The Bertz CT molecular complexity index is 559. The van der Waals surface area contributed by atoms with Crippen LogP contribution in [0.5, 0.6) is 5.75 Å². The van der Waals surface area contributed by atoms with Gasteiger partial charge in [-0.05, 0) is 37.2 Å². The minimum absolute atomic E-state index is 0.176. The number of ether oxygens (including phenoxy) is 1. The lowest BCUT2D eigenvalue weighted by molar-refractivity contribution is 0.357. The fourth-order valence-electron chi connectivity index (χ4n) is 2.58. The molecule has 1 atom stereocenters. The Hall–Kier alpha value is -1.74. The first-order valence-corrected chi connectivity index (χ1v) is 6.26. The quantitative estimate of drug-likeness (QED) is 0.900. The zero-order valence-electron chi connectivity index (χ0n) is 10.7. The van der Waals surface area contributed by atoms with Crippen LogP contribution in [0.1, 0.15) is 28.5 Å². The molecule has 1 N–H and O–H groups in total. The first-order chi connectivity index (χ1) is 8.79. The van der Waals surface area contributed by atoms with Crippen LogP contribution in [0.3, 0.4) is 0 Å². The van der Waals surface area contributed by atoms with Crippen molar-refractivity contribution in [2.24, 2.45) is 0 Å². The predicted octanol–water partition coefficient (Wildman–Crippen LogP) is 2.83. The summed E-state index contributed by atoms with van der Waals surface area (Å²) in [6.07, 6.45) is 2.75. The van der Waals surface area contributed by atoms with Crippen LogP contribution in [0.2, 0.25) is 0 Å². The molecule has 0 saturated heterocycles. The molecule has 3 heteroatoms. The van der Waals surface area contributed by atoms with Gasteiger partial charge in [-0.3, -0.25) is 0 Å². The maximum absolute atomic E-state index is 5.54. The van der Waals surface area contributed by atoms with Gasteiger partial charge >= 0.3 is 0 Å². The molecule has 1 aromatic carbocycles. The summed E-state index contributed by atoms with van der Waals surface area (Å²) in [5.74, 6) is 1.99. The van der Waals surface area contributed by atoms with Gasteiger partial charge in [0.25, 0.3) is 0 Å². The van der Waals surface area contributed by atoms with Crippen molar-refractivity contribution in [1.29, 1.82) is 0 Å². The van der Waals surface area contributed by atoms with Crippen molar-refractivity contribution in [3.05, 3.63) is 53.0 Å². The third kappa shape index (κ3) is 1.81. The van der Waals surface area contributed by atoms with Crippen LogP contribution >= 0.6 is 0 Å². The Kier molecular flexibility index (Phi) is 2.84. The molecule has 1 unspecified atom stereocenters. The molecule has 1 aliphatic heterocycles. The van der Waals surface area contributed by atoms with E-state index in [1.54, 1.807) is 6.26 Å². The van der Waals surface area contributed by atoms with E-state index < -0.39 is 0 Å². The van der Waals surface area contributed by atoms with Crippen molar-refractivity contribution in [3.63, 3.8) is 0 Å². The molecule has 94 valence electrons. The van der Waals surface area contributed by atoms with E-state index in [1.165, 1.54) is 16.7 Å². The molecule has 0 aliphatic carbocycles. The maximum Gasteiger partial charge on any atom is 0.122 e. The molecule has 1 aliphatic rings. The zero-order chi connectivity index (χ0) is 12.5. The number of benzene rings is 1. The number of fused-ring (bicyclic) bond motifs is 1. The molecule has 2 heterocycles. The van der Waals surface area contributed by atoms with Gasteiger partial charge in [0.1, 0.15) is 11.5 Å². The van der Waals surface area contributed by atoms with E-state index in [9.17, 15) is 0 Å². The van der Waals surface area contributed by atoms with Crippen LogP contribution < -0.4 is 10.1 Å². The van der Waals surface area contributed by atoms with Gasteiger partial charge in [-0.15, -0.1) is 0 Å². The largest absolute Gasteiger partial charge is 0.493 e. The van der Waals surface area contributed by atoms with E-state index in [0.29, 0.717) is 0 Å². The van der Waals surface area contributed by atoms with Gasteiger partial charge in [-0.25, -0.2) is 0 Å². The number of nitrogens with one attached hydrogen (secondary N) is 1. The van der Waals surface area contributed by atoms with E-state index in [2.05, 4.69) is 23.5 Å². The van der Waals surface area contributed by atoms with E-state index in [1.807, 2.05) is 20.0 Å². The van der Waals surface area contributed by atoms with Crippen LogP contribution in [-0.4, -0.2) is 13.7 Å². The van der Waals surface area contributed by atoms with Gasteiger partial charge in [-0.1, -0.05) is 12.1 Å². The maximum atomic E-state index is 5.54. The predicted molar refractivity (Wildman–Crippen MR) is 70.0 cm³/mol. The van der Waals surface area contributed by atoms with Crippen LogP contribution in [0, 0.1) is 6.92 Å². The second-order valence-corrected chi connectivity index (χ2v) is 4.62. The van der Waals surface area contributed by atoms with Crippen molar-refractivity contribution in [3.8, 4) is 5.75 Å². The molecule has 2 aromatic rings. The average molecular weight is 243 g/mol. The van der Waals surface area contributed by atoms with Crippen molar-refractivity contribution >= 4 is 0 Å². The third-order valence-corrected chi connectivity index (χ3v) is 3.55. The Labute approximate surface area is 107 Å². The molecule has 3 nitrogen and oxygen atoms in total. The standard InChI is InChI=1S/C15H17NO2/c1-10-13(6-8-17-10)15(16-2)12-3-4-14-11(9-12)5-7-18-14/h3-4,6,8-9,15-16H,5,7H2,1-2H3. The highest BCUT2D eigenvalue weighted by molar-refractivity contribution is 5.43. The van der Waals surface area contributed by atoms with Gasteiger partial charge in [0.2, 0.25) is 0 Å². The highest BCUT2D eigenvalue weighted by atomic mass is 16.5. The highest BCUT2D eigenvalue weighted by Crippen LogP contribution is 2.31. The fraction of sp³-hybridized carbons (Fsp3) is 0.333. The Morgan fingerprint density at radius 1 is 1.28 bits per heavy atom. The summed E-state index contributed by atoms with van der Waals surface area (Å²) in [5.41, 5.74) is 3.75. The lowest BCUT2D eigenvalue weighted by Crippen LogP contribution is -2.17. The van der Waals surface area contributed by atoms with E-state index in [4.69, 9.17) is 9.15 Å². The van der Waals surface area contributed by atoms with Crippen LogP contribution in [0.4, 0.5) is 0 Å². The Morgan fingerprint density at radius 3 is 2.89 bits per heavy atom. The molecule has 0 bridgehead atoms. The lowest BCUT2D eigenvalue weighted by atomic mass is 9.97. The molecule has 1 aromatic heterocycles. The average Bonchev–Trinajstić information content (AvgIpc) is 2.99. The minimum Gasteiger partial charge on any atom is -0.493 e. The van der Waals surface area contributed by atoms with Gasteiger partial charge in [0, 0.05) is 12.0 Å². The molecule has 0 fully saturated rings. The summed E-state index contributed by atoms with van der Waals surface area (Å²) in [5, 5.41) is 3.35. The summed E-state index contributed by atoms with van der Waals surface area (Å²) in [6, 6.07) is 8.63. The van der Waals surface area contributed by atoms with Gasteiger partial charge < -0.3 is 14.5 Å². The van der Waals surface area contributed by atoms with E-state index in [-0.39, 0.29) is 6.04 Å². The first-order valence-electron chi connectivity index (χ1n) is 6.26. The molecule has 18 heavy (non-hydrogen) atoms. The van der Waals surface area contributed by atoms with Crippen LogP contribution in [0.25, 0.3) is 0 Å². The summed E-state index contributed by atoms with van der Waals surface area (Å²) in [4.78, 5) is 0.